The summed E-state index contributed by atoms with van der Waals surface area (Å²) in [6.45, 7) is 0.245. The molecule has 3 heterocycles. The number of alkyl halides is 2. The molecule has 3 fully saturated rings. The highest BCUT2D eigenvalue weighted by atomic mass is 32.2. The van der Waals surface area contributed by atoms with Gasteiger partial charge in [0.05, 0.1) is 18.9 Å². The van der Waals surface area contributed by atoms with Crippen LogP contribution in [0.3, 0.4) is 0 Å². The first-order valence-electron chi connectivity index (χ1n) is 14.1. The Morgan fingerprint density at radius 2 is 2.00 bits per heavy atom. The van der Waals surface area contributed by atoms with E-state index in [0.29, 0.717) is 37.7 Å². The van der Waals surface area contributed by atoms with Crippen LogP contribution in [0.1, 0.15) is 48.2 Å². The second-order valence-corrected chi connectivity index (χ2v) is 13.1. The molecule has 18 heteroatoms. The fourth-order valence-electron chi connectivity index (χ4n) is 4.85. The van der Waals surface area contributed by atoms with E-state index in [1.807, 2.05) is 11.9 Å². The average molecular weight is 679 g/mol. The summed E-state index contributed by atoms with van der Waals surface area (Å²) in [5.41, 5.74) is -1.21. The first-order chi connectivity index (χ1) is 21.8. The lowest BCUT2D eigenvalue weighted by molar-refractivity contribution is -0.567. The lowest BCUT2D eigenvalue weighted by Crippen LogP contribution is -2.87. The van der Waals surface area contributed by atoms with Gasteiger partial charge in [-0.15, -0.1) is 4.99 Å². The van der Waals surface area contributed by atoms with Crippen molar-refractivity contribution in [3.05, 3.63) is 35.8 Å². The third-order valence-corrected chi connectivity index (χ3v) is 8.92. The van der Waals surface area contributed by atoms with Crippen molar-refractivity contribution in [1.29, 1.82) is 5.41 Å². The molecular formula is C28H31F2N7O7PS+. The SMILES string of the molecule is COc1cnc(C(F)F)cc1-c1cc(N2CCN(C)C3(CC3)C2=O)ncc1C(=O)N=C([NH2+]COP(=O)(O)O)SC(=N)C#CC1CC1. The van der Waals surface area contributed by atoms with E-state index in [0.717, 1.165) is 30.4 Å². The second-order valence-electron chi connectivity index (χ2n) is 10.8. The molecule has 2 aromatic rings. The van der Waals surface area contributed by atoms with E-state index in [2.05, 4.69) is 31.3 Å². The van der Waals surface area contributed by atoms with E-state index in [-0.39, 0.29) is 50.3 Å². The highest BCUT2D eigenvalue weighted by molar-refractivity contribution is 8.26. The largest absolute Gasteiger partial charge is 0.494 e. The van der Waals surface area contributed by atoms with Gasteiger partial charge in [0, 0.05) is 48.1 Å². The van der Waals surface area contributed by atoms with Gasteiger partial charge in [-0.25, -0.2) is 22.9 Å². The number of carbonyl (C=O) groups is 2. The van der Waals surface area contributed by atoms with Crippen molar-refractivity contribution >= 4 is 47.4 Å². The lowest BCUT2D eigenvalue weighted by Gasteiger charge is -2.38. The average Bonchev–Trinajstić information content (AvgIpc) is 3.94. The maximum absolute atomic E-state index is 13.8. The van der Waals surface area contributed by atoms with Crippen LogP contribution in [0.2, 0.25) is 0 Å². The Balaban J connectivity index is 1.56. The van der Waals surface area contributed by atoms with E-state index in [1.54, 1.807) is 0 Å². The number of quaternary nitrogens is 1. The Kier molecular flexibility index (Phi) is 9.99. The molecule has 0 aromatic carbocycles. The summed E-state index contributed by atoms with van der Waals surface area (Å²) in [5.74, 6) is 4.95. The number of thioether (sulfide) groups is 1. The molecule has 14 nitrogen and oxygen atoms in total. The number of aromatic nitrogens is 2. The van der Waals surface area contributed by atoms with Crippen molar-refractivity contribution in [2.45, 2.75) is 37.6 Å². The molecule has 46 heavy (non-hydrogen) atoms. The normalized spacial score (nSPS) is 18.0. The number of anilines is 1. The Morgan fingerprint density at radius 3 is 2.63 bits per heavy atom. The van der Waals surface area contributed by atoms with Crippen LogP contribution >= 0.6 is 19.6 Å². The van der Waals surface area contributed by atoms with Crippen LogP contribution in [0.5, 0.6) is 5.75 Å². The molecule has 2 aromatic heterocycles. The zero-order valence-corrected chi connectivity index (χ0v) is 26.5. The van der Waals surface area contributed by atoms with Crippen molar-refractivity contribution in [3.8, 4) is 28.7 Å². The lowest BCUT2D eigenvalue weighted by atomic mass is 9.99. The number of pyridine rings is 2. The van der Waals surface area contributed by atoms with Gasteiger partial charge < -0.3 is 14.5 Å². The molecule has 1 aliphatic heterocycles. The minimum atomic E-state index is -4.86. The number of nitrogens with one attached hydrogen (secondary N) is 1. The zero-order valence-electron chi connectivity index (χ0n) is 24.8. The fourth-order valence-corrected chi connectivity index (χ4v) is 5.72. The van der Waals surface area contributed by atoms with Crippen LogP contribution < -0.4 is 15.0 Å². The van der Waals surface area contributed by atoms with Crippen molar-refractivity contribution in [1.82, 2.24) is 14.9 Å². The highest BCUT2D eigenvalue weighted by Gasteiger charge is 2.57. The van der Waals surface area contributed by atoms with E-state index >= 15 is 0 Å². The molecule has 2 aliphatic carbocycles. The van der Waals surface area contributed by atoms with Gasteiger partial charge in [-0.1, -0.05) is 5.92 Å². The minimum Gasteiger partial charge on any atom is -0.494 e. The number of ether oxygens (including phenoxy) is 1. The number of amides is 2. The maximum atomic E-state index is 13.8. The molecule has 5 rings (SSSR count). The van der Waals surface area contributed by atoms with Gasteiger partial charge in [0.15, 0.2) is 6.73 Å². The number of rotatable bonds is 8. The number of methoxy groups -OCH3 is 1. The summed E-state index contributed by atoms with van der Waals surface area (Å²) in [6, 6.07) is 2.52. The predicted molar refractivity (Wildman–Crippen MR) is 163 cm³/mol. The summed E-state index contributed by atoms with van der Waals surface area (Å²) in [6.07, 6.45) is 2.56. The fraction of sp³-hybridized carbons (Fsp3) is 0.429. The quantitative estimate of drug-likeness (QED) is 0.105. The molecule has 0 unspecified atom stereocenters. The Bertz CT molecular complexity index is 1700. The number of halogens is 2. The van der Waals surface area contributed by atoms with Gasteiger partial charge in [0.2, 0.25) is 5.91 Å². The van der Waals surface area contributed by atoms with Crippen LogP contribution in [0, 0.1) is 23.2 Å². The molecule has 2 amide bonds. The van der Waals surface area contributed by atoms with Crippen LogP contribution in [-0.4, -0.2) is 86.2 Å². The van der Waals surface area contributed by atoms with Crippen LogP contribution in [0.15, 0.2) is 29.5 Å². The van der Waals surface area contributed by atoms with Gasteiger partial charge in [0.1, 0.15) is 27.8 Å². The molecule has 0 radical (unpaired) electrons. The molecule has 0 atom stereocenters. The topological polar surface area (TPSA) is 195 Å². The van der Waals surface area contributed by atoms with E-state index in [1.165, 1.54) is 24.3 Å². The van der Waals surface area contributed by atoms with Gasteiger partial charge >= 0.3 is 7.82 Å². The number of nitrogens with two attached hydrogens (primary N) is 1. The zero-order chi connectivity index (χ0) is 33.2. The maximum Gasteiger partial charge on any atom is 0.474 e. The van der Waals surface area contributed by atoms with E-state index in [4.69, 9.17) is 19.9 Å². The van der Waals surface area contributed by atoms with Crippen molar-refractivity contribution in [2.75, 3.05) is 38.9 Å². The van der Waals surface area contributed by atoms with Gasteiger partial charge in [-0.05, 0) is 50.8 Å². The molecule has 0 bridgehead atoms. The smallest absolute Gasteiger partial charge is 0.474 e. The third kappa shape index (κ3) is 7.84. The van der Waals surface area contributed by atoms with Crippen LogP contribution in [-0.2, 0) is 13.9 Å². The number of phosphoric ester groups is 1. The summed E-state index contributed by atoms with van der Waals surface area (Å²) >= 11 is 0.675. The third-order valence-electron chi connectivity index (χ3n) is 7.66. The van der Waals surface area contributed by atoms with Gasteiger partial charge in [0.25, 0.3) is 17.5 Å². The number of aliphatic imine (C=N–C) groups is 1. The molecular weight excluding hydrogens is 647 g/mol. The summed E-state index contributed by atoms with van der Waals surface area (Å²) in [5, 5.41) is 8.98. The Morgan fingerprint density at radius 1 is 1.26 bits per heavy atom. The monoisotopic (exact) mass is 678 g/mol. The number of amidine groups is 1. The van der Waals surface area contributed by atoms with Crippen molar-refractivity contribution in [2.24, 2.45) is 10.9 Å². The minimum absolute atomic E-state index is 0.0660. The number of nitrogens with zero attached hydrogens (tertiary/aromatic N) is 5. The van der Waals surface area contributed by atoms with E-state index < -0.39 is 38.1 Å². The number of hydrogen-bond donors (Lipinski definition) is 4. The summed E-state index contributed by atoms with van der Waals surface area (Å²) in [7, 11) is -1.67. The first kappa shape index (κ1) is 33.7. The predicted octanol–water partition coefficient (Wildman–Crippen LogP) is 2.15. The highest BCUT2D eigenvalue weighted by Crippen LogP contribution is 2.45. The molecule has 3 aliphatic rings. The number of piperazine rings is 1. The molecule has 1 spiro atoms. The standard InChI is InChI=1S/C28H30F2N7O7PS/c1-36-9-10-37(26(39)28(36)7-8-28)23-12-17(18-11-20(24(29)30)32-14-21(18)43-2)19(13-33-23)25(38)35-27(34-15-44-45(40,41)42)46-22(31)6-5-16-3-4-16/h11-14,16,24,31H,3-4,7-10,15H2,1-2H3,(H,34,35,38)(H2,40,41,42)/p+1. The van der Waals surface area contributed by atoms with Crippen molar-refractivity contribution < 1.29 is 47.3 Å². The molecule has 244 valence electrons. The first-order valence-corrected chi connectivity index (χ1v) is 16.5. The van der Waals surface area contributed by atoms with Gasteiger partial charge in [-0.2, -0.15) is 0 Å². The van der Waals surface area contributed by atoms with Crippen molar-refractivity contribution in [3.63, 3.8) is 0 Å². The number of phosphoric acid groups is 1. The number of hydrogen-bond acceptors (Lipinski definition) is 10. The Hall–Kier alpha value is -3.62. The van der Waals surface area contributed by atoms with Gasteiger partial charge in [-0.3, -0.25) is 35.1 Å². The summed E-state index contributed by atoms with van der Waals surface area (Å²) in [4.78, 5) is 61.1. The Labute approximate surface area is 266 Å². The number of likely N-dealkylation sites (N-methyl/N-ethyl adjacent to an activating group) is 1. The van der Waals surface area contributed by atoms with E-state index in [9.17, 15) is 22.9 Å². The van der Waals surface area contributed by atoms with Crippen LogP contribution in [0.25, 0.3) is 11.1 Å². The summed E-state index contributed by atoms with van der Waals surface area (Å²) < 4.78 is 48.6. The second kappa shape index (κ2) is 13.6. The van der Waals surface area contributed by atoms with Crippen LogP contribution in [0.4, 0.5) is 14.6 Å². The molecule has 5 N–H and O–H groups in total. The number of carbonyl (C=O) groups excluding carboxylic acids is 2. The molecule has 1 saturated heterocycles. The molecule has 2 saturated carbocycles.